The Morgan fingerprint density at radius 3 is 2.65 bits per heavy atom. The molecule has 2 rings (SSSR count). The van der Waals surface area contributed by atoms with Gasteiger partial charge >= 0.3 is 5.97 Å². The van der Waals surface area contributed by atoms with Crippen LogP contribution in [0.25, 0.3) is 0 Å². The molecule has 0 spiro atoms. The third-order valence-electron chi connectivity index (χ3n) is 3.18. The maximum absolute atomic E-state index is 11.9. The molecule has 1 aromatic heterocycles. The standard InChI is InChI=1S/C16H17N3O4/c1-3-11-6-4-5-7-12(11)17-14(20)10-23-16(22)13-8-9-15(21)19(2)18-13/h4-9H,3,10H2,1-2H3,(H,17,20). The fourth-order valence-electron chi connectivity index (χ4n) is 1.95. The summed E-state index contributed by atoms with van der Waals surface area (Å²) < 4.78 is 5.92. The van der Waals surface area contributed by atoms with E-state index in [1.807, 2.05) is 25.1 Å². The Bertz CT molecular complexity index is 783. The van der Waals surface area contributed by atoms with Crippen LogP contribution in [0.4, 0.5) is 5.69 Å². The van der Waals surface area contributed by atoms with Crippen molar-refractivity contribution in [2.75, 3.05) is 11.9 Å². The van der Waals surface area contributed by atoms with Crippen molar-refractivity contribution in [3.8, 4) is 0 Å². The molecule has 0 atom stereocenters. The predicted octanol–water partition coefficient (Wildman–Crippen LogP) is 1.14. The lowest BCUT2D eigenvalue weighted by atomic mass is 10.1. The number of benzene rings is 1. The van der Waals surface area contributed by atoms with Gasteiger partial charge in [-0.05, 0) is 24.1 Å². The number of esters is 1. The summed E-state index contributed by atoms with van der Waals surface area (Å²) in [6, 6.07) is 9.87. The largest absolute Gasteiger partial charge is 0.451 e. The fraction of sp³-hybridized carbons (Fsp3) is 0.250. The first-order chi connectivity index (χ1) is 11.0. The summed E-state index contributed by atoms with van der Waals surface area (Å²) >= 11 is 0. The molecule has 0 unspecified atom stereocenters. The van der Waals surface area contributed by atoms with Gasteiger partial charge in [0.05, 0.1) is 0 Å². The maximum Gasteiger partial charge on any atom is 0.359 e. The minimum absolute atomic E-state index is 0.0335. The molecule has 0 aliphatic carbocycles. The van der Waals surface area contributed by atoms with Gasteiger partial charge in [0.15, 0.2) is 12.3 Å². The van der Waals surface area contributed by atoms with Gasteiger partial charge in [-0.25, -0.2) is 9.48 Å². The van der Waals surface area contributed by atoms with Crippen molar-refractivity contribution < 1.29 is 14.3 Å². The van der Waals surface area contributed by atoms with Crippen LogP contribution in [0, 0.1) is 0 Å². The Morgan fingerprint density at radius 2 is 1.96 bits per heavy atom. The number of carbonyl (C=O) groups excluding carboxylic acids is 2. The second kappa shape index (κ2) is 7.35. The molecule has 0 bridgehead atoms. The van der Waals surface area contributed by atoms with E-state index in [1.54, 1.807) is 6.07 Å². The topological polar surface area (TPSA) is 90.3 Å². The first-order valence-electron chi connectivity index (χ1n) is 7.10. The number of para-hydroxylation sites is 1. The van der Waals surface area contributed by atoms with Crippen LogP contribution in [-0.4, -0.2) is 28.3 Å². The average Bonchev–Trinajstić information content (AvgIpc) is 2.55. The van der Waals surface area contributed by atoms with Gasteiger partial charge < -0.3 is 10.1 Å². The molecule has 1 amide bonds. The van der Waals surface area contributed by atoms with E-state index in [0.717, 1.165) is 16.7 Å². The molecule has 1 N–H and O–H groups in total. The van der Waals surface area contributed by atoms with E-state index in [4.69, 9.17) is 4.74 Å². The number of anilines is 1. The van der Waals surface area contributed by atoms with Gasteiger partial charge in [0.25, 0.3) is 11.5 Å². The second-order valence-electron chi connectivity index (χ2n) is 4.82. The lowest BCUT2D eigenvalue weighted by molar-refractivity contribution is -0.119. The monoisotopic (exact) mass is 315 g/mol. The van der Waals surface area contributed by atoms with Gasteiger partial charge in [0.1, 0.15) is 0 Å². The lowest BCUT2D eigenvalue weighted by Crippen LogP contribution is -2.24. The fourth-order valence-corrected chi connectivity index (χ4v) is 1.95. The van der Waals surface area contributed by atoms with Crippen LogP contribution in [0.5, 0.6) is 0 Å². The van der Waals surface area contributed by atoms with Crippen molar-refractivity contribution in [3.63, 3.8) is 0 Å². The molecule has 120 valence electrons. The number of carbonyl (C=O) groups is 2. The van der Waals surface area contributed by atoms with Gasteiger partial charge in [-0.15, -0.1) is 0 Å². The zero-order chi connectivity index (χ0) is 16.8. The van der Waals surface area contributed by atoms with Gasteiger partial charge in [0.2, 0.25) is 0 Å². The molecular formula is C16H17N3O4. The van der Waals surface area contributed by atoms with E-state index in [1.165, 1.54) is 19.2 Å². The van der Waals surface area contributed by atoms with Gasteiger partial charge in [-0.1, -0.05) is 25.1 Å². The Labute approximate surface area is 132 Å². The molecule has 7 nitrogen and oxygen atoms in total. The van der Waals surface area contributed by atoms with Gasteiger partial charge in [0, 0.05) is 18.8 Å². The molecule has 1 aromatic carbocycles. The Hall–Kier alpha value is -2.96. The van der Waals surface area contributed by atoms with E-state index in [0.29, 0.717) is 5.69 Å². The molecule has 0 fully saturated rings. The smallest absolute Gasteiger partial charge is 0.359 e. The third kappa shape index (κ3) is 4.26. The number of hydrogen-bond donors (Lipinski definition) is 1. The third-order valence-corrected chi connectivity index (χ3v) is 3.18. The zero-order valence-corrected chi connectivity index (χ0v) is 12.9. The SMILES string of the molecule is CCc1ccccc1NC(=O)COC(=O)c1ccc(=O)n(C)n1. The second-order valence-corrected chi connectivity index (χ2v) is 4.82. The van der Waals surface area contributed by atoms with Gasteiger partial charge in [-0.2, -0.15) is 5.10 Å². The number of rotatable bonds is 5. The molecule has 23 heavy (non-hydrogen) atoms. The van der Waals surface area contributed by atoms with Crippen molar-refractivity contribution in [2.24, 2.45) is 7.05 Å². The van der Waals surface area contributed by atoms with Crippen molar-refractivity contribution >= 4 is 17.6 Å². The van der Waals surface area contributed by atoms with E-state index in [-0.39, 0.29) is 11.3 Å². The molecule has 2 aromatic rings. The molecular weight excluding hydrogens is 298 g/mol. The normalized spacial score (nSPS) is 10.2. The molecule has 0 aliphatic heterocycles. The van der Waals surface area contributed by atoms with Crippen LogP contribution < -0.4 is 10.9 Å². The summed E-state index contributed by atoms with van der Waals surface area (Å²) in [6.45, 7) is 1.55. The van der Waals surface area contributed by atoms with Crippen LogP contribution in [0.2, 0.25) is 0 Å². The molecule has 0 saturated heterocycles. The number of ether oxygens (including phenoxy) is 1. The van der Waals surface area contributed by atoms with E-state index in [2.05, 4.69) is 10.4 Å². The molecule has 1 heterocycles. The van der Waals surface area contributed by atoms with Gasteiger partial charge in [-0.3, -0.25) is 9.59 Å². The highest BCUT2D eigenvalue weighted by atomic mass is 16.5. The van der Waals surface area contributed by atoms with Crippen LogP contribution in [0.1, 0.15) is 23.0 Å². The quantitative estimate of drug-likeness (QED) is 0.836. The first-order valence-corrected chi connectivity index (χ1v) is 7.10. The van der Waals surface area contributed by atoms with Crippen LogP contribution in [-0.2, 0) is 23.0 Å². The van der Waals surface area contributed by atoms with Crippen LogP contribution in [0.15, 0.2) is 41.2 Å². The lowest BCUT2D eigenvalue weighted by Gasteiger charge is -2.10. The number of aromatic nitrogens is 2. The van der Waals surface area contributed by atoms with E-state index < -0.39 is 18.5 Å². The Kier molecular flexibility index (Phi) is 5.24. The molecule has 7 heteroatoms. The first kappa shape index (κ1) is 16.4. The van der Waals surface area contributed by atoms with E-state index >= 15 is 0 Å². The minimum atomic E-state index is -0.764. The van der Waals surface area contributed by atoms with Crippen molar-refractivity contribution in [1.29, 1.82) is 0 Å². The molecule has 0 saturated carbocycles. The summed E-state index contributed by atoms with van der Waals surface area (Å²) in [5, 5.41) is 6.46. The highest BCUT2D eigenvalue weighted by molar-refractivity contribution is 5.95. The Morgan fingerprint density at radius 1 is 1.22 bits per heavy atom. The number of amides is 1. The maximum atomic E-state index is 11.9. The summed E-state index contributed by atoms with van der Waals surface area (Å²) in [5.74, 6) is -1.21. The number of nitrogens with one attached hydrogen (secondary N) is 1. The highest BCUT2D eigenvalue weighted by Gasteiger charge is 2.13. The summed E-state index contributed by atoms with van der Waals surface area (Å²) in [5.41, 5.74) is 1.31. The summed E-state index contributed by atoms with van der Waals surface area (Å²) in [7, 11) is 1.42. The van der Waals surface area contributed by atoms with E-state index in [9.17, 15) is 14.4 Å². The summed E-state index contributed by atoms with van der Waals surface area (Å²) in [6.07, 6.45) is 0.776. The zero-order valence-electron chi connectivity index (χ0n) is 12.9. The van der Waals surface area contributed by atoms with Crippen molar-refractivity contribution in [1.82, 2.24) is 9.78 Å². The van der Waals surface area contributed by atoms with Crippen molar-refractivity contribution in [3.05, 3.63) is 58.0 Å². The average molecular weight is 315 g/mol. The number of nitrogens with zero attached hydrogens (tertiary/aromatic N) is 2. The summed E-state index contributed by atoms with van der Waals surface area (Å²) in [4.78, 5) is 34.9. The number of hydrogen-bond acceptors (Lipinski definition) is 5. The minimum Gasteiger partial charge on any atom is -0.451 e. The highest BCUT2D eigenvalue weighted by Crippen LogP contribution is 2.15. The number of aryl methyl sites for hydroxylation is 2. The predicted molar refractivity (Wildman–Crippen MR) is 84.2 cm³/mol. The van der Waals surface area contributed by atoms with Crippen molar-refractivity contribution in [2.45, 2.75) is 13.3 Å². The van der Waals surface area contributed by atoms with Crippen LogP contribution in [0.3, 0.4) is 0 Å². The molecule has 0 radical (unpaired) electrons. The molecule has 0 aliphatic rings. The van der Waals surface area contributed by atoms with Crippen LogP contribution >= 0.6 is 0 Å². The Balaban J connectivity index is 1.94.